The number of allylic oxidation sites excluding steroid dienone is 1. The van der Waals surface area contributed by atoms with E-state index in [1.807, 2.05) is 32.9 Å². The third-order valence-electron chi connectivity index (χ3n) is 6.49. The predicted octanol–water partition coefficient (Wildman–Crippen LogP) is 4.12. The van der Waals surface area contributed by atoms with Gasteiger partial charge in [0.15, 0.2) is 12.4 Å². The Balaban J connectivity index is 1.83. The molecular formula is C24H26O5. The van der Waals surface area contributed by atoms with Crippen LogP contribution in [0.3, 0.4) is 0 Å². The number of fused-ring (bicyclic) bond motifs is 5. The Morgan fingerprint density at radius 2 is 1.93 bits per heavy atom. The van der Waals surface area contributed by atoms with Crippen molar-refractivity contribution in [3.05, 3.63) is 40.1 Å². The molecule has 0 aromatic heterocycles. The molecule has 5 heteroatoms. The van der Waals surface area contributed by atoms with Gasteiger partial charge in [0.2, 0.25) is 0 Å². The van der Waals surface area contributed by atoms with E-state index in [-0.39, 0.29) is 36.4 Å². The predicted molar refractivity (Wildman–Crippen MR) is 108 cm³/mol. The molecule has 4 rings (SSSR count). The summed E-state index contributed by atoms with van der Waals surface area (Å²) in [6.45, 7) is 7.95. The van der Waals surface area contributed by atoms with E-state index in [0.717, 1.165) is 35.1 Å². The molecule has 3 aliphatic rings. The van der Waals surface area contributed by atoms with Crippen molar-refractivity contribution in [2.24, 2.45) is 17.8 Å². The average molecular weight is 394 g/mol. The van der Waals surface area contributed by atoms with E-state index >= 15 is 0 Å². The molecule has 0 N–H and O–H groups in total. The molecule has 1 aliphatic carbocycles. The Kier molecular flexibility index (Phi) is 5.00. The average Bonchev–Trinajstić information content (AvgIpc) is 3.32. The van der Waals surface area contributed by atoms with Crippen LogP contribution in [0.1, 0.15) is 42.0 Å². The molecule has 1 aromatic carbocycles. The van der Waals surface area contributed by atoms with Crippen molar-refractivity contribution in [2.45, 2.75) is 52.7 Å². The summed E-state index contributed by atoms with van der Waals surface area (Å²) in [5.41, 5.74) is 4.46. The molecule has 2 saturated heterocycles. The van der Waals surface area contributed by atoms with E-state index in [0.29, 0.717) is 17.3 Å². The van der Waals surface area contributed by atoms with Crippen LogP contribution in [0.25, 0.3) is 5.57 Å². The smallest absolute Gasteiger partial charge is 0.421 e. The number of terminal acetylenes is 1. The van der Waals surface area contributed by atoms with Gasteiger partial charge in [-0.15, -0.1) is 6.42 Å². The molecule has 0 saturated carbocycles. The molecule has 152 valence electrons. The van der Waals surface area contributed by atoms with Crippen LogP contribution in [-0.4, -0.2) is 30.8 Å². The first kappa shape index (κ1) is 19.7. The lowest BCUT2D eigenvalue weighted by Gasteiger charge is -2.27. The van der Waals surface area contributed by atoms with Gasteiger partial charge in [0, 0.05) is 0 Å². The lowest BCUT2D eigenvalue weighted by atomic mass is 9.74. The molecule has 0 amide bonds. The van der Waals surface area contributed by atoms with E-state index in [4.69, 9.17) is 20.6 Å². The number of hydrogen-bond acceptors (Lipinski definition) is 5. The number of hydrogen-bond donors (Lipinski definition) is 0. The summed E-state index contributed by atoms with van der Waals surface area (Å²) in [6, 6.07) is 4.09. The highest BCUT2D eigenvalue weighted by Crippen LogP contribution is 2.57. The summed E-state index contributed by atoms with van der Waals surface area (Å²) in [4.78, 5) is 25.9. The van der Waals surface area contributed by atoms with E-state index < -0.39 is 6.16 Å². The maximum atomic E-state index is 13.6. The molecule has 5 atom stereocenters. The van der Waals surface area contributed by atoms with Gasteiger partial charge in [0.05, 0.1) is 29.6 Å². The molecule has 0 radical (unpaired) electrons. The van der Waals surface area contributed by atoms with Crippen molar-refractivity contribution in [3.63, 3.8) is 0 Å². The van der Waals surface area contributed by atoms with Gasteiger partial charge in [-0.05, 0) is 49.8 Å². The highest BCUT2D eigenvalue weighted by molar-refractivity contribution is 6.26. The Bertz CT molecular complexity index is 928. The second kappa shape index (κ2) is 7.35. The number of Topliss-reactive ketones (excluding diaryl/α,β-unsaturated/α-hetero) is 1. The summed E-state index contributed by atoms with van der Waals surface area (Å²) < 4.78 is 16.8. The zero-order valence-corrected chi connectivity index (χ0v) is 17.3. The van der Waals surface area contributed by atoms with Crippen LogP contribution in [0.4, 0.5) is 4.79 Å². The molecule has 29 heavy (non-hydrogen) atoms. The van der Waals surface area contributed by atoms with Gasteiger partial charge in [-0.2, -0.15) is 0 Å². The number of ether oxygens (including phenoxy) is 3. The maximum Gasteiger partial charge on any atom is 0.514 e. The number of aryl methyl sites for hydroxylation is 3. The number of benzene rings is 1. The van der Waals surface area contributed by atoms with Crippen LogP contribution >= 0.6 is 0 Å². The second-order valence-corrected chi connectivity index (χ2v) is 8.32. The monoisotopic (exact) mass is 394 g/mol. The Labute approximate surface area is 171 Å². The molecule has 5 nitrogen and oxygen atoms in total. The van der Waals surface area contributed by atoms with Crippen LogP contribution in [0.2, 0.25) is 0 Å². The fourth-order valence-electron chi connectivity index (χ4n) is 5.50. The summed E-state index contributed by atoms with van der Waals surface area (Å²) >= 11 is 0. The summed E-state index contributed by atoms with van der Waals surface area (Å²) in [5, 5.41) is 0. The lowest BCUT2D eigenvalue weighted by molar-refractivity contribution is -0.118. The molecule has 2 fully saturated rings. The minimum absolute atomic E-state index is 0.00635. The van der Waals surface area contributed by atoms with Gasteiger partial charge in [0.1, 0.15) is 5.76 Å². The van der Waals surface area contributed by atoms with Crippen molar-refractivity contribution in [1.29, 1.82) is 0 Å². The molecule has 2 heterocycles. The number of carbonyl (C=O) groups excluding carboxylic acids is 2. The van der Waals surface area contributed by atoms with Crippen molar-refractivity contribution >= 4 is 17.5 Å². The van der Waals surface area contributed by atoms with Crippen LogP contribution in [0, 0.1) is 50.9 Å². The summed E-state index contributed by atoms with van der Waals surface area (Å²) in [7, 11) is 0. The van der Waals surface area contributed by atoms with Gasteiger partial charge >= 0.3 is 6.16 Å². The molecule has 3 unspecified atom stereocenters. The van der Waals surface area contributed by atoms with Gasteiger partial charge in [-0.1, -0.05) is 37.0 Å². The standard InChI is InChI=1S/C24H26O5/c1-6-8-27-24(26)29-23-19(17-13(4)9-12(3)10-14(17)5)21(25)18-16-11-15(7-2)22(28-16)20(18)23/h1,9-10,15-16,18,20,22H,7-8,11H2,2-5H3/t15?,16?,18-,20-,22?/m0/s1. The quantitative estimate of drug-likeness (QED) is 0.568. The fourth-order valence-corrected chi connectivity index (χ4v) is 5.50. The van der Waals surface area contributed by atoms with Crippen molar-refractivity contribution in [3.8, 4) is 12.3 Å². The highest BCUT2D eigenvalue weighted by atomic mass is 16.7. The molecule has 1 aromatic rings. The van der Waals surface area contributed by atoms with E-state index in [1.165, 1.54) is 0 Å². The minimum atomic E-state index is -0.873. The van der Waals surface area contributed by atoms with Crippen LogP contribution < -0.4 is 0 Å². The Hall–Kier alpha value is -2.58. The Morgan fingerprint density at radius 3 is 2.55 bits per heavy atom. The first-order valence-electron chi connectivity index (χ1n) is 10.2. The highest BCUT2D eigenvalue weighted by Gasteiger charge is 2.62. The Morgan fingerprint density at radius 1 is 1.24 bits per heavy atom. The molecular weight excluding hydrogens is 368 g/mol. The van der Waals surface area contributed by atoms with Crippen molar-refractivity contribution in [1.82, 2.24) is 0 Å². The van der Waals surface area contributed by atoms with E-state index in [2.05, 4.69) is 12.8 Å². The third kappa shape index (κ3) is 3.07. The number of rotatable bonds is 4. The minimum Gasteiger partial charge on any atom is -0.421 e. The number of carbonyl (C=O) groups is 2. The molecule has 2 bridgehead atoms. The second-order valence-electron chi connectivity index (χ2n) is 8.32. The van der Waals surface area contributed by atoms with Crippen LogP contribution in [0.15, 0.2) is 17.9 Å². The first-order valence-corrected chi connectivity index (χ1v) is 10.2. The SMILES string of the molecule is C#CCOC(=O)OC1=C(c2c(C)cc(C)cc2C)C(=O)[C@H]2C3CC(CC)C(O3)[C@@H]12. The van der Waals surface area contributed by atoms with Gasteiger partial charge in [-0.3, -0.25) is 4.79 Å². The van der Waals surface area contributed by atoms with Crippen molar-refractivity contribution in [2.75, 3.05) is 6.61 Å². The fraction of sp³-hybridized carbons (Fsp3) is 0.500. The van der Waals surface area contributed by atoms with Crippen LogP contribution in [-0.2, 0) is 19.0 Å². The topological polar surface area (TPSA) is 61.8 Å². The van der Waals surface area contributed by atoms with Crippen molar-refractivity contribution < 1.29 is 23.8 Å². The first-order chi connectivity index (χ1) is 13.9. The van der Waals surface area contributed by atoms with Crippen LogP contribution in [0.5, 0.6) is 0 Å². The molecule has 2 aliphatic heterocycles. The normalized spacial score (nSPS) is 29.8. The summed E-state index contributed by atoms with van der Waals surface area (Å²) in [6.07, 6.45) is 5.92. The lowest BCUT2D eigenvalue weighted by Crippen LogP contribution is -2.34. The largest absolute Gasteiger partial charge is 0.514 e. The van der Waals surface area contributed by atoms with Gasteiger partial charge in [-0.25, -0.2) is 4.79 Å². The third-order valence-corrected chi connectivity index (χ3v) is 6.49. The van der Waals surface area contributed by atoms with Gasteiger partial charge in [0.25, 0.3) is 0 Å². The summed E-state index contributed by atoms with van der Waals surface area (Å²) in [5.74, 6) is 2.46. The van der Waals surface area contributed by atoms with Gasteiger partial charge < -0.3 is 14.2 Å². The number of ketones is 1. The zero-order chi connectivity index (χ0) is 20.9. The molecule has 0 spiro atoms. The maximum absolute atomic E-state index is 13.6. The van der Waals surface area contributed by atoms with E-state index in [9.17, 15) is 9.59 Å². The zero-order valence-electron chi connectivity index (χ0n) is 17.3. The van der Waals surface area contributed by atoms with E-state index in [1.54, 1.807) is 0 Å².